The van der Waals surface area contributed by atoms with E-state index in [0.717, 1.165) is 29.7 Å². The second-order valence-electron chi connectivity index (χ2n) is 7.66. The summed E-state index contributed by atoms with van der Waals surface area (Å²) in [5.74, 6) is 0.149. The minimum atomic E-state index is -3.22. The molecule has 1 fully saturated rings. The van der Waals surface area contributed by atoms with Crippen molar-refractivity contribution in [3.8, 4) is 0 Å². The predicted octanol–water partition coefficient (Wildman–Crippen LogP) is 3.45. The molecule has 0 radical (unpaired) electrons. The lowest BCUT2D eigenvalue weighted by Gasteiger charge is -2.26. The number of nitrogens with zero attached hydrogens (tertiary/aromatic N) is 2. The van der Waals surface area contributed by atoms with E-state index < -0.39 is 9.84 Å². The maximum atomic E-state index is 12.9. The summed E-state index contributed by atoms with van der Waals surface area (Å²) in [6.45, 7) is 0.686. The Hall–Kier alpha value is -2.54. The highest BCUT2D eigenvalue weighted by atomic mass is 32.2. The first-order chi connectivity index (χ1) is 13.3. The standard InChI is InChI=1S/C21H25N3O3S/c1-23(2)18-6-3-5-16(13-18)19-7-4-11-24(19)21(25)22-17-9-8-15-10-12-28(26,27)20(15)14-17/h3,5-6,8-9,13-14,19H,4,7,10-12H2,1-2H3,(H,22,25). The van der Waals surface area contributed by atoms with E-state index in [9.17, 15) is 13.2 Å². The molecule has 1 unspecified atom stereocenters. The molecule has 2 aliphatic heterocycles. The molecule has 148 valence electrons. The molecule has 2 amide bonds. The monoisotopic (exact) mass is 399 g/mol. The van der Waals surface area contributed by atoms with Gasteiger partial charge in [0.1, 0.15) is 0 Å². The van der Waals surface area contributed by atoms with E-state index in [4.69, 9.17) is 0 Å². The van der Waals surface area contributed by atoms with Gasteiger partial charge in [0.2, 0.25) is 0 Å². The molecule has 2 aromatic rings. The van der Waals surface area contributed by atoms with E-state index >= 15 is 0 Å². The Morgan fingerprint density at radius 2 is 2.00 bits per heavy atom. The highest BCUT2D eigenvalue weighted by molar-refractivity contribution is 7.91. The Morgan fingerprint density at radius 1 is 1.18 bits per heavy atom. The summed E-state index contributed by atoms with van der Waals surface area (Å²) in [6.07, 6.45) is 2.41. The predicted molar refractivity (Wildman–Crippen MR) is 111 cm³/mol. The van der Waals surface area contributed by atoms with Crippen molar-refractivity contribution in [2.45, 2.75) is 30.2 Å². The third-order valence-corrected chi connectivity index (χ3v) is 7.37. The summed E-state index contributed by atoms with van der Waals surface area (Å²) in [6, 6.07) is 13.3. The topological polar surface area (TPSA) is 69.7 Å². The fraction of sp³-hybridized carbons (Fsp3) is 0.381. The zero-order chi connectivity index (χ0) is 19.9. The van der Waals surface area contributed by atoms with Crippen molar-refractivity contribution in [3.63, 3.8) is 0 Å². The van der Waals surface area contributed by atoms with Gasteiger partial charge in [-0.2, -0.15) is 0 Å². The zero-order valence-corrected chi connectivity index (χ0v) is 17.0. The first kappa shape index (κ1) is 18.8. The molecule has 6 nitrogen and oxygen atoms in total. The molecule has 0 spiro atoms. The average Bonchev–Trinajstić information content (AvgIpc) is 3.27. The van der Waals surface area contributed by atoms with Crippen molar-refractivity contribution in [1.82, 2.24) is 4.90 Å². The lowest BCUT2D eigenvalue weighted by atomic mass is 10.0. The summed E-state index contributed by atoms with van der Waals surface area (Å²) in [4.78, 5) is 17.2. The molecule has 2 aliphatic rings. The summed E-state index contributed by atoms with van der Waals surface area (Å²) < 4.78 is 24.3. The van der Waals surface area contributed by atoms with Crippen LogP contribution < -0.4 is 10.2 Å². The molecule has 28 heavy (non-hydrogen) atoms. The second kappa shape index (κ2) is 7.13. The van der Waals surface area contributed by atoms with E-state index in [1.165, 1.54) is 0 Å². The van der Waals surface area contributed by atoms with Crippen molar-refractivity contribution in [2.75, 3.05) is 36.6 Å². The van der Waals surface area contributed by atoms with E-state index in [1.807, 2.05) is 36.0 Å². The molecular weight excluding hydrogens is 374 g/mol. The summed E-state index contributed by atoms with van der Waals surface area (Å²) in [7, 11) is 0.781. The van der Waals surface area contributed by atoms with Crippen molar-refractivity contribution in [1.29, 1.82) is 0 Å². The van der Waals surface area contributed by atoms with Gasteiger partial charge in [-0.15, -0.1) is 0 Å². The number of benzene rings is 2. The van der Waals surface area contributed by atoms with Crippen LogP contribution in [0.4, 0.5) is 16.2 Å². The smallest absolute Gasteiger partial charge is 0.322 e. The van der Waals surface area contributed by atoms with Gasteiger partial charge in [-0.3, -0.25) is 0 Å². The molecule has 0 bridgehead atoms. The van der Waals surface area contributed by atoms with E-state index in [2.05, 4.69) is 17.4 Å². The number of hydrogen-bond acceptors (Lipinski definition) is 4. The highest BCUT2D eigenvalue weighted by Gasteiger charge is 2.31. The number of carbonyl (C=O) groups is 1. The number of anilines is 2. The second-order valence-corrected chi connectivity index (χ2v) is 9.74. The highest BCUT2D eigenvalue weighted by Crippen LogP contribution is 2.34. The van der Waals surface area contributed by atoms with Crippen LogP contribution in [0.5, 0.6) is 0 Å². The fourth-order valence-electron chi connectivity index (χ4n) is 4.04. The largest absolute Gasteiger partial charge is 0.378 e. The van der Waals surface area contributed by atoms with Crippen molar-refractivity contribution in [2.24, 2.45) is 0 Å². The Bertz CT molecular complexity index is 1020. The number of aryl methyl sites for hydroxylation is 1. The van der Waals surface area contributed by atoms with Crippen LogP contribution in [0.1, 0.15) is 30.0 Å². The van der Waals surface area contributed by atoms with E-state index in [1.54, 1.807) is 18.2 Å². The number of likely N-dealkylation sites (tertiary alicyclic amines) is 1. The molecular formula is C21H25N3O3S. The minimum Gasteiger partial charge on any atom is -0.378 e. The first-order valence-electron chi connectivity index (χ1n) is 9.56. The van der Waals surface area contributed by atoms with Gasteiger partial charge in [0.15, 0.2) is 9.84 Å². The number of nitrogens with one attached hydrogen (secondary N) is 1. The van der Waals surface area contributed by atoms with Gasteiger partial charge in [0.05, 0.1) is 16.7 Å². The number of hydrogen-bond donors (Lipinski definition) is 1. The minimum absolute atomic E-state index is 0.0260. The van der Waals surface area contributed by atoms with Crippen LogP contribution >= 0.6 is 0 Å². The number of sulfone groups is 1. The summed E-state index contributed by atoms with van der Waals surface area (Å²) in [5.41, 5.74) is 3.59. The van der Waals surface area contributed by atoms with Crippen LogP contribution in [0.25, 0.3) is 0 Å². The quantitative estimate of drug-likeness (QED) is 0.858. The number of carbonyl (C=O) groups excluding carboxylic acids is 1. The molecule has 1 saturated heterocycles. The van der Waals surface area contributed by atoms with Crippen LogP contribution in [-0.4, -0.2) is 45.7 Å². The Labute approximate surface area is 166 Å². The van der Waals surface area contributed by atoms with Gasteiger partial charge in [0, 0.05) is 32.0 Å². The maximum Gasteiger partial charge on any atom is 0.322 e. The Morgan fingerprint density at radius 3 is 2.79 bits per heavy atom. The van der Waals surface area contributed by atoms with Gasteiger partial charge in [-0.25, -0.2) is 13.2 Å². The van der Waals surface area contributed by atoms with Crippen LogP contribution in [0.3, 0.4) is 0 Å². The van der Waals surface area contributed by atoms with Crippen molar-refractivity contribution in [3.05, 3.63) is 53.6 Å². The number of urea groups is 1. The molecule has 0 aliphatic carbocycles. The SMILES string of the molecule is CN(C)c1cccc(C2CCCN2C(=O)Nc2ccc3c(c2)S(=O)(=O)CC3)c1. The van der Waals surface area contributed by atoms with Crippen molar-refractivity contribution >= 4 is 27.2 Å². The molecule has 1 atom stereocenters. The van der Waals surface area contributed by atoms with Crippen molar-refractivity contribution < 1.29 is 13.2 Å². The van der Waals surface area contributed by atoms with Gasteiger partial charge in [-0.05, 0) is 54.7 Å². The van der Waals surface area contributed by atoms with E-state index in [-0.39, 0.29) is 17.8 Å². The zero-order valence-electron chi connectivity index (χ0n) is 16.2. The molecule has 4 rings (SSSR count). The first-order valence-corrected chi connectivity index (χ1v) is 11.2. The summed E-state index contributed by atoms with van der Waals surface area (Å²) >= 11 is 0. The molecule has 2 aromatic carbocycles. The number of rotatable bonds is 3. The lowest BCUT2D eigenvalue weighted by molar-refractivity contribution is 0.207. The van der Waals surface area contributed by atoms with Gasteiger partial charge >= 0.3 is 6.03 Å². The number of fused-ring (bicyclic) bond motifs is 1. The average molecular weight is 400 g/mol. The summed E-state index contributed by atoms with van der Waals surface area (Å²) in [5, 5.41) is 2.90. The normalized spacial score (nSPS) is 20.1. The van der Waals surface area contributed by atoms with Gasteiger partial charge < -0.3 is 15.1 Å². The van der Waals surface area contributed by atoms with Crippen LogP contribution in [0.2, 0.25) is 0 Å². The molecule has 2 heterocycles. The molecule has 0 aromatic heterocycles. The third-order valence-electron chi connectivity index (χ3n) is 5.58. The maximum absolute atomic E-state index is 12.9. The Kier molecular flexibility index (Phi) is 4.79. The van der Waals surface area contributed by atoms with E-state index in [0.29, 0.717) is 23.5 Å². The van der Waals surface area contributed by atoms with Crippen LogP contribution in [0.15, 0.2) is 47.4 Å². The fourth-order valence-corrected chi connectivity index (χ4v) is 5.63. The van der Waals surface area contributed by atoms with Gasteiger partial charge in [-0.1, -0.05) is 18.2 Å². The third kappa shape index (κ3) is 3.46. The van der Waals surface area contributed by atoms with Crippen LogP contribution in [0, 0.1) is 0 Å². The number of amides is 2. The molecule has 0 saturated carbocycles. The Balaban J connectivity index is 1.54. The lowest BCUT2D eigenvalue weighted by Crippen LogP contribution is -2.34. The van der Waals surface area contributed by atoms with Crippen LogP contribution in [-0.2, 0) is 16.3 Å². The van der Waals surface area contributed by atoms with Gasteiger partial charge in [0.25, 0.3) is 0 Å². The molecule has 7 heteroatoms. The molecule has 1 N–H and O–H groups in total.